The molecular formula is C8H17N3O. The largest absolute Gasteiger partial charge is 0.334 e. The molecule has 0 bridgehead atoms. The first-order valence-electron chi connectivity index (χ1n) is 4.33. The summed E-state index contributed by atoms with van der Waals surface area (Å²) in [6.45, 7) is 0.546. The van der Waals surface area contributed by atoms with Crippen LogP contribution in [-0.4, -0.2) is 37.6 Å². The molecule has 0 aromatic carbocycles. The standard InChI is InChI=1S/C8H17N3O/c1-11(2)8(12)10-7(5-9)6-3-4-6/h6-7H,3-5,9H2,1-2H3,(H,10,12). The molecule has 1 unspecified atom stereocenters. The van der Waals surface area contributed by atoms with Crippen LogP contribution in [-0.2, 0) is 0 Å². The predicted molar refractivity (Wildman–Crippen MR) is 47.8 cm³/mol. The van der Waals surface area contributed by atoms with Crippen LogP contribution in [0, 0.1) is 5.92 Å². The Morgan fingerprint density at radius 2 is 2.25 bits per heavy atom. The molecule has 3 N–H and O–H groups in total. The number of nitrogens with one attached hydrogen (secondary N) is 1. The lowest BCUT2D eigenvalue weighted by Gasteiger charge is -2.19. The fourth-order valence-electron chi connectivity index (χ4n) is 1.16. The zero-order chi connectivity index (χ0) is 9.14. The van der Waals surface area contributed by atoms with Gasteiger partial charge in [0.2, 0.25) is 0 Å². The molecule has 1 saturated carbocycles. The number of urea groups is 1. The van der Waals surface area contributed by atoms with E-state index >= 15 is 0 Å². The summed E-state index contributed by atoms with van der Waals surface area (Å²) < 4.78 is 0. The van der Waals surface area contributed by atoms with Gasteiger partial charge in [-0.25, -0.2) is 4.79 Å². The van der Waals surface area contributed by atoms with Crippen molar-refractivity contribution in [3.63, 3.8) is 0 Å². The number of carbonyl (C=O) groups excluding carboxylic acids is 1. The molecule has 1 aliphatic carbocycles. The SMILES string of the molecule is CN(C)C(=O)NC(CN)C1CC1. The van der Waals surface area contributed by atoms with Gasteiger partial charge in [0.15, 0.2) is 0 Å². The fourth-order valence-corrected chi connectivity index (χ4v) is 1.16. The average Bonchev–Trinajstić information content (AvgIpc) is 2.82. The molecule has 1 fully saturated rings. The van der Waals surface area contributed by atoms with Crippen LogP contribution in [0.4, 0.5) is 4.79 Å². The zero-order valence-electron chi connectivity index (χ0n) is 7.71. The molecule has 0 aliphatic heterocycles. The van der Waals surface area contributed by atoms with Crippen LogP contribution >= 0.6 is 0 Å². The van der Waals surface area contributed by atoms with Crippen LogP contribution in [0.15, 0.2) is 0 Å². The van der Waals surface area contributed by atoms with Crippen molar-refractivity contribution in [3.05, 3.63) is 0 Å². The molecule has 12 heavy (non-hydrogen) atoms. The van der Waals surface area contributed by atoms with Crippen molar-refractivity contribution < 1.29 is 4.79 Å². The molecule has 4 heteroatoms. The third kappa shape index (κ3) is 2.37. The molecule has 0 aromatic rings. The highest BCUT2D eigenvalue weighted by atomic mass is 16.2. The summed E-state index contributed by atoms with van der Waals surface area (Å²) in [7, 11) is 3.46. The number of amides is 2. The van der Waals surface area contributed by atoms with Crippen LogP contribution in [0.3, 0.4) is 0 Å². The number of carbonyl (C=O) groups is 1. The van der Waals surface area contributed by atoms with E-state index in [2.05, 4.69) is 5.32 Å². The van der Waals surface area contributed by atoms with Crippen molar-refractivity contribution in [2.24, 2.45) is 11.7 Å². The van der Waals surface area contributed by atoms with E-state index in [-0.39, 0.29) is 12.1 Å². The van der Waals surface area contributed by atoms with Gasteiger partial charge >= 0.3 is 6.03 Å². The Balaban J connectivity index is 2.31. The van der Waals surface area contributed by atoms with Gasteiger partial charge in [0.25, 0.3) is 0 Å². The second-order valence-electron chi connectivity index (χ2n) is 3.52. The minimum absolute atomic E-state index is 0.0441. The molecule has 0 aromatic heterocycles. The lowest BCUT2D eigenvalue weighted by atomic mass is 10.2. The van der Waals surface area contributed by atoms with Crippen molar-refractivity contribution in [1.82, 2.24) is 10.2 Å². The summed E-state index contributed by atoms with van der Waals surface area (Å²) in [4.78, 5) is 12.7. The highest BCUT2D eigenvalue weighted by Crippen LogP contribution is 2.32. The van der Waals surface area contributed by atoms with E-state index < -0.39 is 0 Å². The number of hydrogen-bond acceptors (Lipinski definition) is 2. The first-order chi connectivity index (χ1) is 5.65. The minimum Gasteiger partial charge on any atom is -0.334 e. The van der Waals surface area contributed by atoms with Gasteiger partial charge in [-0.3, -0.25) is 0 Å². The first-order valence-corrected chi connectivity index (χ1v) is 4.33. The quantitative estimate of drug-likeness (QED) is 0.627. The summed E-state index contributed by atoms with van der Waals surface area (Å²) in [5, 5.41) is 2.89. The lowest BCUT2D eigenvalue weighted by molar-refractivity contribution is 0.212. The molecule has 2 amide bonds. The van der Waals surface area contributed by atoms with Gasteiger partial charge in [0.1, 0.15) is 0 Å². The Hall–Kier alpha value is -0.770. The number of rotatable bonds is 3. The third-order valence-electron chi connectivity index (χ3n) is 2.16. The number of nitrogens with two attached hydrogens (primary N) is 1. The van der Waals surface area contributed by atoms with Gasteiger partial charge in [-0.1, -0.05) is 0 Å². The van der Waals surface area contributed by atoms with E-state index in [1.54, 1.807) is 14.1 Å². The molecule has 1 rings (SSSR count). The Morgan fingerprint density at radius 3 is 2.58 bits per heavy atom. The van der Waals surface area contributed by atoms with Gasteiger partial charge < -0.3 is 16.0 Å². The Labute approximate surface area is 73.1 Å². The molecule has 0 radical (unpaired) electrons. The Morgan fingerprint density at radius 1 is 1.67 bits per heavy atom. The van der Waals surface area contributed by atoms with Gasteiger partial charge in [0.05, 0.1) is 0 Å². The first kappa shape index (κ1) is 9.32. The summed E-state index contributed by atoms with van der Waals surface area (Å²) in [6.07, 6.45) is 2.41. The highest BCUT2D eigenvalue weighted by molar-refractivity contribution is 5.73. The van der Waals surface area contributed by atoms with Crippen LogP contribution in [0.2, 0.25) is 0 Å². The van der Waals surface area contributed by atoms with E-state index in [0.29, 0.717) is 12.5 Å². The molecule has 0 saturated heterocycles. The van der Waals surface area contributed by atoms with Crippen LogP contribution in [0.1, 0.15) is 12.8 Å². The third-order valence-corrected chi connectivity index (χ3v) is 2.16. The van der Waals surface area contributed by atoms with E-state index in [0.717, 1.165) is 0 Å². The maximum absolute atomic E-state index is 11.2. The van der Waals surface area contributed by atoms with Gasteiger partial charge in [0, 0.05) is 26.7 Å². The molecule has 4 nitrogen and oxygen atoms in total. The molecule has 0 heterocycles. The van der Waals surface area contributed by atoms with E-state index in [4.69, 9.17) is 5.73 Å². The summed E-state index contributed by atoms with van der Waals surface area (Å²) in [5.74, 6) is 0.624. The van der Waals surface area contributed by atoms with Crippen LogP contribution in [0.5, 0.6) is 0 Å². The topological polar surface area (TPSA) is 58.4 Å². The van der Waals surface area contributed by atoms with Gasteiger partial charge in [-0.05, 0) is 18.8 Å². The van der Waals surface area contributed by atoms with Crippen molar-refractivity contribution in [3.8, 4) is 0 Å². The smallest absolute Gasteiger partial charge is 0.317 e. The molecular weight excluding hydrogens is 154 g/mol. The van der Waals surface area contributed by atoms with Crippen molar-refractivity contribution in [1.29, 1.82) is 0 Å². The summed E-state index contributed by atoms with van der Waals surface area (Å²) >= 11 is 0. The van der Waals surface area contributed by atoms with Gasteiger partial charge in [-0.2, -0.15) is 0 Å². The maximum Gasteiger partial charge on any atom is 0.317 e. The lowest BCUT2D eigenvalue weighted by Crippen LogP contribution is -2.46. The van der Waals surface area contributed by atoms with Crippen molar-refractivity contribution >= 4 is 6.03 Å². The van der Waals surface area contributed by atoms with Crippen molar-refractivity contribution in [2.45, 2.75) is 18.9 Å². The normalized spacial score (nSPS) is 18.6. The maximum atomic E-state index is 11.2. The van der Waals surface area contributed by atoms with Crippen LogP contribution < -0.4 is 11.1 Å². The highest BCUT2D eigenvalue weighted by Gasteiger charge is 2.31. The molecule has 70 valence electrons. The minimum atomic E-state index is -0.0441. The second kappa shape index (κ2) is 3.76. The second-order valence-corrected chi connectivity index (χ2v) is 3.52. The predicted octanol–water partition coefficient (Wildman–Crippen LogP) is -0.00510. The Kier molecular flexibility index (Phi) is 2.92. The van der Waals surface area contributed by atoms with Gasteiger partial charge in [-0.15, -0.1) is 0 Å². The van der Waals surface area contributed by atoms with Crippen LogP contribution in [0.25, 0.3) is 0 Å². The van der Waals surface area contributed by atoms with E-state index in [1.807, 2.05) is 0 Å². The summed E-state index contributed by atoms with van der Waals surface area (Å²) in [6, 6.07) is 0.136. The molecule has 1 atom stereocenters. The summed E-state index contributed by atoms with van der Waals surface area (Å²) in [5.41, 5.74) is 5.53. The monoisotopic (exact) mass is 171 g/mol. The Bertz CT molecular complexity index is 166. The van der Waals surface area contributed by atoms with E-state index in [9.17, 15) is 4.79 Å². The van der Waals surface area contributed by atoms with E-state index in [1.165, 1.54) is 17.7 Å². The average molecular weight is 171 g/mol. The van der Waals surface area contributed by atoms with Crippen molar-refractivity contribution in [2.75, 3.05) is 20.6 Å². The fraction of sp³-hybridized carbons (Fsp3) is 0.875. The molecule has 1 aliphatic rings. The molecule has 0 spiro atoms. The number of hydrogen-bond donors (Lipinski definition) is 2. The number of nitrogens with zero attached hydrogens (tertiary/aromatic N) is 1. The zero-order valence-corrected chi connectivity index (χ0v) is 7.71.